The molecule has 0 bridgehead atoms. The highest BCUT2D eigenvalue weighted by molar-refractivity contribution is 5.94. The number of aromatic hydroxyl groups is 1. The number of anilines is 1. The van der Waals surface area contributed by atoms with Crippen molar-refractivity contribution in [3.8, 4) is 11.5 Å². The van der Waals surface area contributed by atoms with Gasteiger partial charge >= 0.3 is 5.97 Å². The highest BCUT2D eigenvalue weighted by Gasteiger charge is 2.12. The predicted molar refractivity (Wildman–Crippen MR) is 64.9 cm³/mol. The molecule has 0 radical (unpaired) electrons. The Kier molecular flexibility index (Phi) is 4.53. The van der Waals surface area contributed by atoms with Gasteiger partial charge in [-0.15, -0.1) is 0 Å². The van der Waals surface area contributed by atoms with Gasteiger partial charge in [0.2, 0.25) is 5.91 Å². The summed E-state index contributed by atoms with van der Waals surface area (Å²) in [6.45, 7) is 1.65. The molecule has 6 nitrogen and oxygen atoms in total. The number of nitrogens with one attached hydrogen (secondary N) is 1. The average molecular weight is 253 g/mol. The number of phenolic OH excluding ortho intramolecular Hbond substituents is 1. The van der Waals surface area contributed by atoms with Crippen LogP contribution in [-0.4, -0.2) is 29.2 Å². The van der Waals surface area contributed by atoms with Crippen molar-refractivity contribution in [1.29, 1.82) is 0 Å². The van der Waals surface area contributed by atoms with E-state index in [2.05, 4.69) is 5.32 Å². The average Bonchev–Trinajstić information content (AvgIpc) is 2.33. The highest BCUT2D eigenvalue weighted by Crippen LogP contribution is 2.33. The van der Waals surface area contributed by atoms with Crippen LogP contribution in [0.3, 0.4) is 0 Å². The van der Waals surface area contributed by atoms with Crippen molar-refractivity contribution in [2.24, 2.45) is 0 Å². The molecule has 98 valence electrons. The highest BCUT2D eigenvalue weighted by atomic mass is 16.5. The van der Waals surface area contributed by atoms with Crippen LogP contribution in [0.2, 0.25) is 0 Å². The van der Waals surface area contributed by atoms with E-state index in [-0.39, 0.29) is 24.3 Å². The molecule has 0 aliphatic carbocycles. The van der Waals surface area contributed by atoms with E-state index in [4.69, 9.17) is 9.84 Å². The van der Waals surface area contributed by atoms with Gasteiger partial charge in [0.1, 0.15) is 11.5 Å². The van der Waals surface area contributed by atoms with E-state index in [1.54, 1.807) is 13.0 Å². The molecular formula is C12H15NO5. The first-order valence-corrected chi connectivity index (χ1v) is 5.34. The number of carbonyl (C=O) groups is 2. The zero-order chi connectivity index (χ0) is 13.7. The molecule has 1 aromatic carbocycles. The summed E-state index contributed by atoms with van der Waals surface area (Å²) in [6, 6.07) is 3.11. The summed E-state index contributed by atoms with van der Waals surface area (Å²) in [4.78, 5) is 21.7. The van der Waals surface area contributed by atoms with Crippen molar-refractivity contribution in [1.82, 2.24) is 0 Å². The molecule has 0 saturated carbocycles. The van der Waals surface area contributed by atoms with Crippen molar-refractivity contribution in [2.45, 2.75) is 19.8 Å². The molecule has 18 heavy (non-hydrogen) atoms. The Balaban J connectivity index is 2.76. The van der Waals surface area contributed by atoms with Crippen LogP contribution >= 0.6 is 0 Å². The number of hydrogen-bond donors (Lipinski definition) is 3. The summed E-state index contributed by atoms with van der Waals surface area (Å²) in [5.74, 6) is -1.08. The minimum atomic E-state index is -1.04. The second kappa shape index (κ2) is 5.90. The topological polar surface area (TPSA) is 95.9 Å². The fourth-order valence-electron chi connectivity index (χ4n) is 1.44. The smallest absolute Gasteiger partial charge is 0.303 e. The van der Waals surface area contributed by atoms with E-state index < -0.39 is 11.9 Å². The minimum Gasteiger partial charge on any atom is -0.505 e. The van der Waals surface area contributed by atoms with Crippen LogP contribution in [0.25, 0.3) is 0 Å². The van der Waals surface area contributed by atoms with Crippen LogP contribution in [0, 0.1) is 6.92 Å². The summed E-state index contributed by atoms with van der Waals surface area (Å²) >= 11 is 0. The lowest BCUT2D eigenvalue weighted by molar-refractivity contribution is -0.138. The van der Waals surface area contributed by atoms with Crippen LogP contribution in [0.15, 0.2) is 12.1 Å². The Morgan fingerprint density at radius 1 is 1.33 bits per heavy atom. The number of hydrogen-bond acceptors (Lipinski definition) is 4. The lowest BCUT2D eigenvalue weighted by atomic mass is 10.1. The quantitative estimate of drug-likeness (QED) is 0.691. The van der Waals surface area contributed by atoms with Gasteiger partial charge in [-0.25, -0.2) is 0 Å². The number of carboxylic acid groups (broad SMARTS) is 1. The molecule has 3 N–H and O–H groups in total. The molecule has 1 aromatic rings. The van der Waals surface area contributed by atoms with Crippen molar-refractivity contribution in [2.75, 3.05) is 12.4 Å². The number of aliphatic carboxylic acids is 1. The molecule has 0 unspecified atom stereocenters. The third-order valence-corrected chi connectivity index (χ3v) is 2.44. The van der Waals surface area contributed by atoms with E-state index >= 15 is 0 Å². The van der Waals surface area contributed by atoms with Gasteiger partial charge in [-0.1, -0.05) is 0 Å². The molecule has 0 atom stereocenters. The number of benzene rings is 1. The first-order valence-electron chi connectivity index (χ1n) is 5.34. The van der Waals surface area contributed by atoms with Gasteiger partial charge in [-0.05, 0) is 19.1 Å². The zero-order valence-corrected chi connectivity index (χ0v) is 10.2. The van der Waals surface area contributed by atoms with Crippen LogP contribution in [0.5, 0.6) is 11.5 Å². The van der Waals surface area contributed by atoms with Gasteiger partial charge in [0.15, 0.2) is 0 Å². The molecule has 0 aliphatic heterocycles. The fourth-order valence-corrected chi connectivity index (χ4v) is 1.44. The second-order valence-corrected chi connectivity index (χ2v) is 3.73. The lowest BCUT2D eigenvalue weighted by Crippen LogP contribution is -2.13. The van der Waals surface area contributed by atoms with E-state index in [0.717, 1.165) is 0 Å². The number of carboxylic acids is 1. The Bertz CT molecular complexity index is 470. The standard InChI is InChI=1S/C12H15NO5/c1-7-9(18-2)4-3-8(12(7)17)13-10(14)5-6-11(15)16/h3-4,17H,5-6H2,1-2H3,(H,13,14)(H,15,16). The largest absolute Gasteiger partial charge is 0.505 e. The monoisotopic (exact) mass is 253 g/mol. The first kappa shape index (κ1) is 13.8. The molecule has 0 aliphatic rings. The van der Waals surface area contributed by atoms with Gasteiger partial charge in [-0.2, -0.15) is 0 Å². The molecule has 1 amide bonds. The Morgan fingerprint density at radius 3 is 2.56 bits per heavy atom. The fraction of sp³-hybridized carbons (Fsp3) is 0.333. The second-order valence-electron chi connectivity index (χ2n) is 3.73. The summed E-state index contributed by atoms with van der Waals surface area (Å²) in [7, 11) is 1.48. The predicted octanol–water partition coefficient (Wildman–Crippen LogP) is 1.51. The molecule has 1 rings (SSSR count). The number of methoxy groups -OCH3 is 1. The van der Waals surface area contributed by atoms with Crippen molar-refractivity contribution in [3.63, 3.8) is 0 Å². The van der Waals surface area contributed by atoms with Crippen molar-refractivity contribution in [3.05, 3.63) is 17.7 Å². The zero-order valence-electron chi connectivity index (χ0n) is 10.2. The number of rotatable bonds is 5. The maximum absolute atomic E-state index is 11.4. The van der Waals surface area contributed by atoms with Crippen LogP contribution in [-0.2, 0) is 9.59 Å². The van der Waals surface area contributed by atoms with E-state index in [1.165, 1.54) is 13.2 Å². The SMILES string of the molecule is COc1ccc(NC(=O)CCC(=O)O)c(O)c1C. The maximum atomic E-state index is 11.4. The number of carbonyl (C=O) groups excluding carboxylic acids is 1. The summed E-state index contributed by atoms with van der Waals surface area (Å²) in [5.41, 5.74) is 0.747. The number of amides is 1. The first-order chi connectivity index (χ1) is 8.45. The lowest BCUT2D eigenvalue weighted by Gasteiger charge is -2.11. The normalized spacial score (nSPS) is 9.89. The van der Waals surface area contributed by atoms with Crippen molar-refractivity contribution >= 4 is 17.6 Å². The van der Waals surface area contributed by atoms with Gasteiger partial charge in [0.25, 0.3) is 0 Å². The molecule has 0 fully saturated rings. The third kappa shape index (κ3) is 3.38. The molecule has 6 heteroatoms. The minimum absolute atomic E-state index is 0.0852. The Morgan fingerprint density at radius 2 is 2.00 bits per heavy atom. The summed E-state index contributed by atoms with van der Waals surface area (Å²) in [5, 5.41) is 20.7. The van der Waals surface area contributed by atoms with Gasteiger partial charge in [0.05, 0.1) is 19.2 Å². The van der Waals surface area contributed by atoms with E-state index in [0.29, 0.717) is 11.3 Å². The summed E-state index contributed by atoms with van der Waals surface area (Å²) in [6.07, 6.45) is -0.387. The third-order valence-electron chi connectivity index (χ3n) is 2.44. The van der Waals surface area contributed by atoms with Crippen LogP contribution in [0.4, 0.5) is 5.69 Å². The van der Waals surface area contributed by atoms with Crippen LogP contribution < -0.4 is 10.1 Å². The molecular weight excluding hydrogens is 238 g/mol. The summed E-state index contributed by atoms with van der Waals surface area (Å²) < 4.78 is 5.01. The Hall–Kier alpha value is -2.24. The van der Waals surface area contributed by atoms with E-state index in [1.807, 2.05) is 0 Å². The Labute approximate surface area is 104 Å². The van der Waals surface area contributed by atoms with Crippen molar-refractivity contribution < 1.29 is 24.5 Å². The molecule has 0 aromatic heterocycles. The van der Waals surface area contributed by atoms with Gasteiger partial charge < -0.3 is 20.3 Å². The number of ether oxygens (including phenoxy) is 1. The molecule has 0 spiro atoms. The molecule has 0 saturated heterocycles. The van der Waals surface area contributed by atoms with E-state index in [9.17, 15) is 14.7 Å². The van der Waals surface area contributed by atoms with Gasteiger partial charge in [-0.3, -0.25) is 9.59 Å². The number of phenols is 1. The molecule has 0 heterocycles. The van der Waals surface area contributed by atoms with Crippen LogP contribution in [0.1, 0.15) is 18.4 Å². The maximum Gasteiger partial charge on any atom is 0.303 e. The van der Waals surface area contributed by atoms with Gasteiger partial charge in [0, 0.05) is 12.0 Å².